The minimum Gasteiger partial charge on any atom is -0.0933 e. The Balaban J connectivity index is 2.79. The third-order valence-corrected chi connectivity index (χ3v) is 1.99. The number of hydrogen-bond acceptors (Lipinski definition) is 0. The van der Waals surface area contributed by atoms with Crippen molar-refractivity contribution < 1.29 is 0 Å². The van der Waals surface area contributed by atoms with E-state index in [9.17, 15) is 0 Å². The van der Waals surface area contributed by atoms with Gasteiger partial charge in [-0.15, -0.1) is 0 Å². The van der Waals surface area contributed by atoms with Gasteiger partial charge in [-0.1, -0.05) is 56.7 Å². The number of hydrogen-bond donors (Lipinski definition) is 0. The van der Waals surface area contributed by atoms with Crippen molar-refractivity contribution in [3.8, 4) is 0 Å². The van der Waals surface area contributed by atoms with Gasteiger partial charge >= 0.3 is 0 Å². The topological polar surface area (TPSA) is 0 Å². The fourth-order valence-electron chi connectivity index (χ4n) is 1.11. The second-order valence-electron chi connectivity index (χ2n) is 2.92. The van der Waals surface area contributed by atoms with Crippen LogP contribution in [0, 0.1) is 0 Å². The maximum atomic E-state index is 5.38. The van der Waals surface area contributed by atoms with Gasteiger partial charge < -0.3 is 0 Å². The minimum absolute atomic E-state index is 1.15. The van der Waals surface area contributed by atoms with Crippen molar-refractivity contribution >= 4 is 11.6 Å². The molecule has 0 aliphatic rings. The lowest BCUT2D eigenvalue weighted by Gasteiger charge is -1.96. The van der Waals surface area contributed by atoms with Gasteiger partial charge in [0.15, 0.2) is 0 Å². The summed E-state index contributed by atoms with van der Waals surface area (Å²) < 4.78 is 0. The van der Waals surface area contributed by atoms with Crippen LogP contribution >= 0.6 is 11.6 Å². The summed E-state index contributed by atoms with van der Waals surface area (Å²) >= 11 is 5.38. The highest BCUT2D eigenvalue weighted by molar-refractivity contribution is 6.25. The molecule has 0 nitrogen and oxygen atoms in total. The van der Waals surface area contributed by atoms with E-state index in [-0.39, 0.29) is 0 Å². The van der Waals surface area contributed by atoms with E-state index in [0.717, 1.165) is 6.42 Å². The van der Waals surface area contributed by atoms with E-state index in [2.05, 4.69) is 6.92 Å². The smallest absolute Gasteiger partial charge is 0.000245 e. The normalized spacial score (nSPS) is 11.1. The molecule has 0 aliphatic heterocycles. The first-order valence-corrected chi connectivity index (χ1v) is 5.10. The molecule has 0 bridgehead atoms. The molecular formula is C10H19Cl. The summed E-state index contributed by atoms with van der Waals surface area (Å²) in [7, 11) is 0. The first kappa shape index (κ1) is 11.0. The van der Waals surface area contributed by atoms with E-state index >= 15 is 0 Å². The predicted molar refractivity (Wildman–Crippen MR) is 53.0 cm³/mol. The average Bonchev–Trinajstić information content (AvgIpc) is 2.03. The van der Waals surface area contributed by atoms with Gasteiger partial charge in [0.05, 0.1) is 0 Å². The van der Waals surface area contributed by atoms with Crippen molar-refractivity contribution in [2.45, 2.75) is 51.9 Å². The molecule has 11 heavy (non-hydrogen) atoms. The first-order valence-electron chi connectivity index (χ1n) is 4.67. The number of halogens is 1. The van der Waals surface area contributed by atoms with E-state index in [1.807, 2.05) is 6.08 Å². The van der Waals surface area contributed by atoms with Gasteiger partial charge in [-0.05, 0) is 12.8 Å². The monoisotopic (exact) mass is 174 g/mol. The Labute approximate surface area is 75.6 Å². The van der Waals surface area contributed by atoms with Crippen LogP contribution in [0.15, 0.2) is 11.6 Å². The van der Waals surface area contributed by atoms with E-state index in [1.54, 1.807) is 5.54 Å². The quantitative estimate of drug-likeness (QED) is 0.499. The third kappa shape index (κ3) is 10.0. The Hall–Kier alpha value is 0.0300. The Morgan fingerprint density at radius 2 is 1.64 bits per heavy atom. The lowest BCUT2D eigenvalue weighted by molar-refractivity contribution is 0.611. The van der Waals surface area contributed by atoms with Gasteiger partial charge in [-0.25, -0.2) is 0 Å². The fraction of sp³-hybridized carbons (Fsp3) is 0.800. The Kier molecular flexibility index (Phi) is 10.1. The molecule has 0 saturated heterocycles. The lowest BCUT2D eigenvalue weighted by atomic mass is 10.1. The first-order chi connectivity index (χ1) is 5.41. The highest BCUT2D eigenvalue weighted by Crippen LogP contribution is 2.07. The second-order valence-corrected chi connectivity index (χ2v) is 3.17. The summed E-state index contributed by atoms with van der Waals surface area (Å²) in [5.41, 5.74) is 1.62. The molecule has 0 N–H and O–H groups in total. The fourth-order valence-corrected chi connectivity index (χ4v) is 1.23. The third-order valence-electron chi connectivity index (χ3n) is 1.81. The Morgan fingerprint density at radius 3 is 2.27 bits per heavy atom. The largest absolute Gasteiger partial charge is 0.0933 e. The average molecular weight is 175 g/mol. The molecule has 0 rings (SSSR count). The number of allylic oxidation sites excluding steroid dienone is 1. The highest BCUT2D eigenvalue weighted by atomic mass is 35.5. The molecule has 1 heteroatoms. The van der Waals surface area contributed by atoms with Gasteiger partial charge in [-0.3, -0.25) is 0 Å². The maximum absolute atomic E-state index is 5.38. The molecule has 0 aromatic heterocycles. The molecule has 0 fully saturated rings. The molecule has 0 aliphatic carbocycles. The molecule has 0 saturated carbocycles. The maximum Gasteiger partial charge on any atom is 0.000245 e. The Morgan fingerprint density at radius 1 is 1.00 bits per heavy atom. The van der Waals surface area contributed by atoms with Gasteiger partial charge in [0.1, 0.15) is 0 Å². The van der Waals surface area contributed by atoms with Gasteiger partial charge in [0.2, 0.25) is 0 Å². The van der Waals surface area contributed by atoms with Crippen LogP contribution in [0.2, 0.25) is 0 Å². The van der Waals surface area contributed by atoms with Crippen molar-refractivity contribution in [1.29, 1.82) is 0 Å². The van der Waals surface area contributed by atoms with Gasteiger partial charge in [0, 0.05) is 5.54 Å². The second kappa shape index (κ2) is 10.0. The van der Waals surface area contributed by atoms with E-state index < -0.39 is 0 Å². The van der Waals surface area contributed by atoms with E-state index in [0.29, 0.717) is 0 Å². The SMILES string of the molecule is CCCCCCCCC=CCl. The summed E-state index contributed by atoms with van der Waals surface area (Å²) in [6, 6.07) is 0. The number of rotatable bonds is 7. The summed E-state index contributed by atoms with van der Waals surface area (Å²) in [6.45, 7) is 2.25. The van der Waals surface area contributed by atoms with E-state index in [1.165, 1.54) is 38.5 Å². The van der Waals surface area contributed by atoms with Gasteiger partial charge in [-0.2, -0.15) is 0 Å². The van der Waals surface area contributed by atoms with Crippen molar-refractivity contribution in [2.24, 2.45) is 0 Å². The summed E-state index contributed by atoms with van der Waals surface area (Å²) in [5, 5.41) is 0. The molecule has 0 heterocycles. The zero-order chi connectivity index (χ0) is 8.36. The molecular weight excluding hydrogens is 156 g/mol. The Bertz CT molecular complexity index is 86.9. The van der Waals surface area contributed by atoms with Crippen molar-refractivity contribution in [1.82, 2.24) is 0 Å². The lowest BCUT2D eigenvalue weighted by Crippen LogP contribution is -1.77. The predicted octanol–water partition coefficient (Wildman–Crippen LogP) is 4.49. The highest BCUT2D eigenvalue weighted by Gasteiger charge is 1.87. The van der Waals surface area contributed by atoms with Crippen molar-refractivity contribution in [3.63, 3.8) is 0 Å². The zero-order valence-corrected chi connectivity index (χ0v) is 8.24. The summed E-state index contributed by atoms with van der Waals surface area (Å²) in [6.07, 6.45) is 11.4. The molecule has 66 valence electrons. The van der Waals surface area contributed by atoms with Crippen LogP contribution in [-0.2, 0) is 0 Å². The molecule has 0 unspecified atom stereocenters. The molecule has 0 radical (unpaired) electrons. The van der Waals surface area contributed by atoms with E-state index in [4.69, 9.17) is 11.6 Å². The zero-order valence-electron chi connectivity index (χ0n) is 7.48. The van der Waals surface area contributed by atoms with Crippen LogP contribution in [0.25, 0.3) is 0 Å². The van der Waals surface area contributed by atoms with Crippen LogP contribution in [0.3, 0.4) is 0 Å². The number of unbranched alkanes of at least 4 members (excludes halogenated alkanes) is 6. The summed E-state index contributed by atoms with van der Waals surface area (Å²) in [4.78, 5) is 0. The van der Waals surface area contributed by atoms with Crippen molar-refractivity contribution in [3.05, 3.63) is 11.6 Å². The van der Waals surface area contributed by atoms with Crippen LogP contribution in [-0.4, -0.2) is 0 Å². The standard InChI is InChI=1S/C10H19Cl/c1-2-3-4-5-6-7-8-9-10-11/h9-10H,2-8H2,1H3. The molecule has 0 aromatic rings. The van der Waals surface area contributed by atoms with Crippen LogP contribution < -0.4 is 0 Å². The molecule has 0 aromatic carbocycles. The van der Waals surface area contributed by atoms with Crippen LogP contribution in [0.1, 0.15) is 51.9 Å². The molecule has 0 amide bonds. The van der Waals surface area contributed by atoms with Crippen LogP contribution in [0.4, 0.5) is 0 Å². The minimum atomic E-state index is 1.15. The van der Waals surface area contributed by atoms with Crippen molar-refractivity contribution in [2.75, 3.05) is 0 Å². The van der Waals surface area contributed by atoms with Crippen LogP contribution in [0.5, 0.6) is 0 Å². The van der Waals surface area contributed by atoms with Gasteiger partial charge in [0.25, 0.3) is 0 Å². The molecule has 0 atom stereocenters. The molecule has 0 spiro atoms. The summed E-state index contributed by atoms with van der Waals surface area (Å²) in [5.74, 6) is 0.